The first-order chi connectivity index (χ1) is 8.72. The molecule has 0 N–H and O–H groups in total. The van der Waals surface area contributed by atoms with Crippen molar-refractivity contribution in [1.82, 2.24) is 14.6 Å². The van der Waals surface area contributed by atoms with Gasteiger partial charge in [0.2, 0.25) is 0 Å². The van der Waals surface area contributed by atoms with E-state index < -0.39 is 5.97 Å². The van der Waals surface area contributed by atoms with Crippen LogP contribution >= 0.6 is 11.6 Å². The molecule has 0 aliphatic heterocycles. The largest absolute Gasteiger partial charge is 0.465 e. The second kappa shape index (κ2) is 3.96. The summed E-state index contributed by atoms with van der Waals surface area (Å²) in [5, 5.41) is 5.27. The Balaban J connectivity index is 2.45. The normalized spacial score (nSPS) is 11.0. The Labute approximate surface area is 107 Å². The van der Waals surface area contributed by atoms with Crippen LogP contribution in [0.25, 0.3) is 16.6 Å². The van der Waals surface area contributed by atoms with E-state index in [-0.39, 0.29) is 0 Å². The summed E-state index contributed by atoms with van der Waals surface area (Å²) < 4.78 is 6.26. The lowest BCUT2D eigenvalue weighted by Gasteiger charge is -2.03. The van der Waals surface area contributed by atoms with E-state index in [1.165, 1.54) is 13.3 Å². The molecule has 18 heavy (non-hydrogen) atoms. The smallest absolute Gasteiger partial charge is 0.343 e. The minimum atomic E-state index is -0.483. The molecule has 3 aromatic rings. The van der Waals surface area contributed by atoms with Crippen LogP contribution in [0, 0.1) is 0 Å². The van der Waals surface area contributed by atoms with Crippen LogP contribution in [-0.4, -0.2) is 27.7 Å². The van der Waals surface area contributed by atoms with Gasteiger partial charge in [0.05, 0.1) is 18.8 Å². The fourth-order valence-corrected chi connectivity index (χ4v) is 2.11. The molecule has 0 aliphatic carbocycles. The second-order valence-electron chi connectivity index (χ2n) is 3.70. The predicted octanol–water partition coefficient (Wildman–Crippen LogP) is 2.32. The summed E-state index contributed by atoms with van der Waals surface area (Å²) in [6, 6.07) is 7.46. The molecule has 0 amide bonds. The van der Waals surface area contributed by atoms with Gasteiger partial charge in [-0.1, -0.05) is 23.7 Å². The van der Waals surface area contributed by atoms with Gasteiger partial charge in [-0.25, -0.2) is 14.3 Å². The molecule has 3 rings (SSSR count). The summed E-state index contributed by atoms with van der Waals surface area (Å²) in [7, 11) is 1.31. The summed E-state index contributed by atoms with van der Waals surface area (Å²) >= 11 is 6.11. The van der Waals surface area contributed by atoms with Gasteiger partial charge in [0.1, 0.15) is 10.7 Å². The first-order valence-electron chi connectivity index (χ1n) is 5.22. The minimum absolute atomic E-state index is 0.296. The first kappa shape index (κ1) is 11.0. The van der Waals surface area contributed by atoms with E-state index in [9.17, 15) is 4.79 Å². The van der Waals surface area contributed by atoms with Crippen LogP contribution in [0.2, 0.25) is 5.15 Å². The Morgan fingerprint density at radius 3 is 2.94 bits per heavy atom. The molecule has 0 fully saturated rings. The number of para-hydroxylation sites is 1. The number of ether oxygens (including phenoxy) is 1. The van der Waals surface area contributed by atoms with Crippen molar-refractivity contribution < 1.29 is 9.53 Å². The lowest BCUT2D eigenvalue weighted by molar-refractivity contribution is 0.0602. The second-order valence-corrected chi connectivity index (χ2v) is 4.06. The monoisotopic (exact) mass is 261 g/mol. The maximum atomic E-state index is 11.6. The van der Waals surface area contributed by atoms with Crippen LogP contribution < -0.4 is 0 Å². The molecule has 0 saturated carbocycles. The van der Waals surface area contributed by atoms with Gasteiger partial charge in [0.15, 0.2) is 5.65 Å². The van der Waals surface area contributed by atoms with Crippen LogP contribution in [0.5, 0.6) is 0 Å². The Morgan fingerprint density at radius 1 is 1.39 bits per heavy atom. The highest BCUT2D eigenvalue weighted by Crippen LogP contribution is 2.24. The number of aromatic nitrogens is 3. The van der Waals surface area contributed by atoms with Crippen molar-refractivity contribution in [3.63, 3.8) is 0 Å². The van der Waals surface area contributed by atoms with E-state index in [1.807, 2.05) is 24.3 Å². The van der Waals surface area contributed by atoms with Gasteiger partial charge in [0.25, 0.3) is 0 Å². The summed E-state index contributed by atoms with van der Waals surface area (Å²) in [6.45, 7) is 0. The lowest BCUT2D eigenvalue weighted by Crippen LogP contribution is -2.02. The van der Waals surface area contributed by atoms with E-state index in [2.05, 4.69) is 14.8 Å². The zero-order chi connectivity index (χ0) is 12.7. The van der Waals surface area contributed by atoms with Gasteiger partial charge in [-0.05, 0) is 12.1 Å². The first-order valence-corrected chi connectivity index (χ1v) is 5.60. The number of hydrogen-bond acceptors (Lipinski definition) is 4. The highest BCUT2D eigenvalue weighted by atomic mass is 35.5. The molecule has 5 nitrogen and oxygen atoms in total. The SMILES string of the molecule is COC(=O)c1cnn2c1nc(Cl)c1ccccc12. The highest BCUT2D eigenvalue weighted by molar-refractivity contribution is 6.34. The van der Waals surface area contributed by atoms with Crippen molar-refractivity contribution in [1.29, 1.82) is 0 Å². The molecule has 6 heteroatoms. The molecule has 0 spiro atoms. The number of carbonyl (C=O) groups is 1. The van der Waals surface area contributed by atoms with E-state index in [1.54, 1.807) is 4.52 Å². The van der Waals surface area contributed by atoms with E-state index in [0.717, 1.165) is 10.9 Å². The molecule has 0 saturated heterocycles. The predicted molar refractivity (Wildman–Crippen MR) is 66.8 cm³/mol. The van der Waals surface area contributed by atoms with Gasteiger partial charge < -0.3 is 4.74 Å². The Hall–Kier alpha value is -2.14. The standard InChI is InChI=1S/C12H8ClN3O2/c1-18-12(17)8-6-14-16-9-5-3-2-4-7(9)10(13)15-11(8)16/h2-6H,1H3. The number of methoxy groups -OCH3 is 1. The van der Waals surface area contributed by atoms with Gasteiger partial charge in [-0.15, -0.1) is 0 Å². The van der Waals surface area contributed by atoms with Gasteiger partial charge >= 0.3 is 5.97 Å². The number of fused-ring (bicyclic) bond motifs is 3. The molecule has 0 unspecified atom stereocenters. The summed E-state index contributed by atoms with van der Waals surface area (Å²) in [6.07, 6.45) is 1.43. The fraction of sp³-hybridized carbons (Fsp3) is 0.0833. The summed E-state index contributed by atoms with van der Waals surface area (Å²) in [5.41, 5.74) is 1.48. The number of halogens is 1. The Morgan fingerprint density at radius 2 is 2.17 bits per heavy atom. The van der Waals surface area contributed by atoms with Crippen molar-refractivity contribution >= 4 is 34.1 Å². The van der Waals surface area contributed by atoms with Crippen LogP contribution in [0.3, 0.4) is 0 Å². The summed E-state index contributed by atoms with van der Waals surface area (Å²) in [4.78, 5) is 15.8. The molecule has 90 valence electrons. The molecule has 0 atom stereocenters. The van der Waals surface area contributed by atoms with Gasteiger partial charge in [-0.3, -0.25) is 0 Å². The number of rotatable bonds is 1. The van der Waals surface area contributed by atoms with Crippen LogP contribution in [0.4, 0.5) is 0 Å². The van der Waals surface area contributed by atoms with E-state index >= 15 is 0 Å². The number of hydrogen-bond donors (Lipinski definition) is 0. The molecule has 2 heterocycles. The average molecular weight is 262 g/mol. The maximum Gasteiger partial charge on any atom is 0.343 e. The molecule has 0 aliphatic rings. The number of carbonyl (C=O) groups excluding carboxylic acids is 1. The van der Waals surface area contributed by atoms with Crippen molar-refractivity contribution in [2.75, 3.05) is 7.11 Å². The molecule has 1 aromatic carbocycles. The molecular formula is C12H8ClN3O2. The maximum absolute atomic E-state index is 11.6. The molecule has 2 aromatic heterocycles. The third kappa shape index (κ3) is 1.44. The fourth-order valence-electron chi connectivity index (χ4n) is 1.87. The van der Waals surface area contributed by atoms with Gasteiger partial charge in [-0.2, -0.15) is 5.10 Å². The number of esters is 1. The van der Waals surface area contributed by atoms with E-state index in [0.29, 0.717) is 16.4 Å². The van der Waals surface area contributed by atoms with Crippen LogP contribution in [-0.2, 0) is 4.74 Å². The quantitative estimate of drug-likeness (QED) is 0.498. The Kier molecular flexibility index (Phi) is 2.41. The highest BCUT2D eigenvalue weighted by Gasteiger charge is 2.17. The van der Waals surface area contributed by atoms with Crippen molar-refractivity contribution in [3.05, 3.63) is 41.2 Å². The number of benzene rings is 1. The van der Waals surface area contributed by atoms with Crippen molar-refractivity contribution in [2.24, 2.45) is 0 Å². The van der Waals surface area contributed by atoms with Crippen LogP contribution in [0.1, 0.15) is 10.4 Å². The Bertz CT molecular complexity index is 766. The van der Waals surface area contributed by atoms with Crippen molar-refractivity contribution in [2.45, 2.75) is 0 Å². The molecular weight excluding hydrogens is 254 g/mol. The lowest BCUT2D eigenvalue weighted by atomic mass is 10.2. The topological polar surface area (TPSA) is 56.5 Å². The summed E-state index contributed by atoms with van der Waals surface area (Å²) in [5.74, 6) is -0.483. The van der Waals surface area contributed by atoms with Crippen molar-refractivity contribution in [3.8, 4) is 0 Å². The third-order valence-electron chi connectivity index (χ3n) is 2.71. The third-order valence-corrected chi connectivity index (χ3v) is 3.00. The molecule has 0 bridgehead atoms. The average Bonchev–Trinajstić information content (AvgIpc) is 2.82. The minimum Gasteiger partial charge on any atom is -0.465 e. The van der Waals surface area contributed by atoms with Crippen LogP contribution in [0.15, 0.2) is 30.5 Å². The number of nitrogens with zero attached hydrogens (tertiary/aromatic N) is 3. The molecule has 0 radical (unpaired) electrons. The van der Waals surface area contributed by atoms with E-state index in [4.69, 9.17) is 11.6 Å². The van der Waals surface area contributed by atoms with Gasteiger partial charge in [0, 0.05) is 5.39 Å². The zero-order valence-corrected chi connectivity index (χ0v) is 10.2. The zero-order valence-electron chi connectivity index (χ0n) is 9.42.